The van der Waals surface area contributed by atoms with Crippen LogP contribution < -0.4 is 5.32 Å². The Morgan fingerprint density at radius 2 is 1.32 bits per heavy atom. The Bertz CT molecular complexity index is 592. The maximum absolute atomic E-state index is 10.9. The van der Waals surface area contributed by atoms with Crippen molar-refractivity contribution in [3.8, 4) is 5.75 Å². The maximum atomic E-state index is 10.9. The number of rotatable bonds is 4. The third-order valence-electron chi connectivity index (χ3n) is 4.59. The van der Waals surface area contributed by atoms with Gasteiger partial charge in [-0.05, 0) is 47.6 Å². The molecule has 0 saturated heterocycles. The molecule has 2 heteroatoms. The summed E-state index contributed by atoms with van der Waals surface area (Å²) in [6.45, 7) is 25.2. The van der Waals surface area contributed by atoms with E-state index in [2.05, 4.69) is 93.6 Å². The molecule has 2 nitrogen and oxygen atoms in total. The van der Waals surface area contributed by atoms with Crippen LogP contribution in [0.4, 0.5) is 0 Å². The van der Waals surface area contributed by atoms with E-state index in [0.717, 1.165) is 17.5 Å². The lowest BCUT2D eigenvalue weighted by Crippen LogP contribution is -2.42. The molecule has 0 aromatic heterocycles. The van der Waals surface area contributed by atoms with Crippen LogP contribution in [-0.2, 0) is 17.4 Å². The van der Waals surface area contributed by atoms with Crippen LogP contribution in [0.3, 0.4) is 0 Å². The quantitative estimate of drug-likeness (QED) is 0.670. The van der Waals surface area contributed by atoms with Crippen molar-refractivity contribution in [3.05, 3.63) is 28.8 Å². The number of phenolic OH excluding ortho intramolecular Hbond substituents is 1. The molecule has 1 rings (SSSR count). The summed E-state index contributed by atoms with van der Waals surface area (Å²) in [5.74, 6) is 0.444. The molecule has 0 unspecified atom stereocenters. The van der Waals surface area contributed by atoms with Crippen LogP contribution in [0, 0.1) is 5.41 Å². The molecule has 1 aromatic rings. The van der Waals surface area contributed by atoms with Gasteiger partial charge >= 0.3 is 0 Å². The third-order valence-corrected chi connectivity index (χ3v) is 4.59. The van der Waals surface area contributed by atoms with Gasteiger partial charge in [-0.2, -0.15) is 0 Å². The van der Waals surface area contributed by atoms with E-state index in [-0.39, 0.29) is 21.8 Å². The second-order valence-electron chi connectivity index (χ2n) is 11.5. The first-order valence-corrected chi connectivity index (χ1v) is 9.54. The average Bonchev–Trinajstić information content (AvgIpc) is 2.31. The Labute approximate surface area is 156 Å². The average molecular weight is 348 g/mol. The molecule has 144 valence electrons. The zero-order valence-electron chi connectivity index (χ0n) is 18.5. The molecule has 0 amide bonds. The minimum atomic E-state index is -0.0823. The van der Waals surface area contributed by atoms with Gasteiger partial charge in [-0.1, -0.05) is 74.4 Å². The Morgan fingerprint density at radius 1 is 0.800 bits per heavy atom. The Balaban J connectivity index is 3.22. The fraction of sp³-hybridized carbons (Fsp3) is 0.739. The van der Waals surface area contributed by atoms with Crippen molar-refractivity contribution >= 4 is 0 Å². The molecular weight excluding hydrogens is 306 g/mol. The van der Waals surface area contributed by atoms with Gasteiger partial charge in [0, 0.05) is 17.6 Å². The molecule has 2 N–H and O–H groups in total. The van der Waals surface area contributed by atoms with Crippen LogP contribution in [0.2, 0.25) is 0 Å². The van der Waals surface area contributed by atoms with Crippen molar-refractivity contribution in [2.45, 2.75) is 105 Å². The van der Waals surface area contributed by atoms with E-state index in [4.69, 9.17) is 0 Å². The normalized spacial score (nSPS) is 14.0. The number of phenols is 1. The summed E-state index contributed by atoms with van der Waals surface area (Å²) in [4.78, 5) is 0. The topological polar surface area (TPSA) is 32.3 Å². The van der Waals surface area contributed by atoms with Gasteiger partial charge in [-0.3, -0.25) is 0 Å². The summed E-state index contributed by atoms with van der Waals surface area (Å²) in [5, 5.41) is 14.6. The molecule has 0 aliphatic heterocycles. The first kappa shape index (κ1) is 22.0. The minimum absolute atomic E-state index is 0.0182. The molecular formula is C23H41NO. The van der Waals surface area contributed by atoms with Gasteiger partial charge in [0.05, 0.1) is 0 Å². The smallest absolute Gasteiger partial charge is 0.123 e. The number of hydrogen-bond donors (Lipinski definition) is 2. The van der Waals surface area contributed by atoms with E-state index < -0.39 is 0 Å². The van der Waals surface area contributed by atoms with E-state index in [0.29, 0.717) is 12.3 Å². The summed E-state index contributed by atoms with van der Waals surface area (Å²) in [5.41, 5.74) is 3.57. The molecule has 0 aliphatic rings. The lowest BCUT2D eigenvalue weighted by Gasteiger charge is -2.34. The summed E-state index contributed by atoms with van der Waals surface area (Å²) < 4.78 is 0. The number of benzene rings is 1. The van der Waals surface area contributed by atoms with Gasteiger partial charge in [0.1, 0.15) is 5.75 Å². The molecule has 0 bridgehead atoms. The van der Waals surface area contributed by atoms with E-state index in [9.17, 15) is 5.11 Å². The fourth-order valence-electron chi connectivity index (χ4n) is 3.56. The molecule has 1 aromatic carbocycles. The second kappa shape index (κ2) is 6.95. The summed E-state index contributed by atoms with van der Waals surface area (Å²) in [6, 6.07) is 4.35. The predicted octanol–water partition coefficient (Wildman–Crippen LogP) is 6.29. The highest BCUT2D eigenvalue weighted by atomic mass is 16.3. The van der Waals surface area contributed by atoms with Crippen molar-refractivity contribution in [2.24, 2.45) is 5.41 Å². The molecule has 0 heterocycles. The lowest BCUT2D eigenvalue weighted by atomic mass is 9.78. The van der Waals surface area contributed by atoms with Gasteiger partial charge in [0.25, 0.3) is 0 Å². The highest BCUT2D eigenvalue weighted by molar-refractivity contribution is 5.48. The number of hydrogen-bond acceptors (Lipinski definition) is 2. The Kier molecular flexibility index (Phi) is 6.12. The number of aromatic hydroxyl groups is 1. The van der Waals surface area contributed by atoms with Gasteiger partial charge in [-0.25, -0.2) is 0 Å². The Hall–Kier alpha value is -1.02. The molecule has 0 spiro atoms. The van der Waals surface area contributed by atoms with Crippen LogP contribution in [0.15, 0.2) is 12.1 Å². The molecule has 0 atom stereocenters. The van der Waals surface area contributed by atoms with Crippen LogP contribution in [0.5, 0.6) is 5.75 Å². The standard InChI is InChI=1S/C23H41NO/c1-20(2,3)15-23(10,11)24-14-16-12-17(21(4,5)6)13-18(19(16)25)22(7,8)9/h12-13,24-25H,14-15H2,1-11H3. The van der Waals surface area contributed by atoms with Crippen LogP contribution in [-0.4, -0.2) is 10.6 Å². The van der Waals surface area contributed by atoms with E-state index >= 15 is 0 Å². The first-order chi connectivity index (χ1) is 10.9. The zero-order valence-corrected chi connectivity index (χ0v) is 18.5. The van der Waals surface area contributed by atoms with Crippen LogP contribution in [0.25, 0.3) is 0 Å². The fourth-order valence-corrected chi connectivity index (χ4v) is 3.56. The maximum Gasteiger partial charge on any atom is 0.123 e. The summed E-state index contributed by atoms with van der Waals surface area (Å²) >= 11 is 0. The van der Waals surface area contributed by atoms with E-state index in [1.165, 1.54) is 5.56 Å². The second-order valence-corrected chi connectivity index (χ2v) is 11.5. The molecule has 0 saturated carbocycles. The zero-order chi connectivity index (χ0) is 19.8. The van der Waals surface area contributed by atoms with Crippen LogP contribution >= 0.6 is 0 Å². The van der Waals surface area contributed by atoms with Crippen molar-refractivity contribution in [3.63, 3.8) is 0 Å². The van der Waals surface area contributed by atoms with Crippen molar-refractivity contribution in [1.29, 1.82) is 0 Å². The molecule has 0 radical (unpaired) electrons. The summed E-state index contributed by atoms with van der Waals surface area (Å²) in [6.07, 6.45) is 1.08. The lowest BCUT2D eigenvalue weighted by molar-refractivity contribution is 0.240. The Morgan fingerprint density at radius 3 is 1.72 bits per heavy atom. The molecule has 25 heavy (non-hydrogen) atoms. The SMILES string of the molecule is CC(C)(C)CC(C)(C)NCc1cc(C(C)(C)C)cc(C(C)(C)C)c1O. The van der Waals surface area contributed by atoms with Crippen molar-refractivity contribution in [1.82, 2.24) is 5.32 Å². The molecule has 0 aliphatic carbocycles. The van der Waals surface area contributed by atoms with E-state index in [1.807, 2.05) is 0 Å². The van der Waals surface area contributed by atoms with Crippen LogP contribution in [0.1, 0.15) is 99.3 Å². The largest absolute Gasteiger partial charge is 0.507 e. The molecule has 0 fully saturated rings. The highest BCUT2D eigenvalue weighted by Crippen LogP contribution is 2.38. The minimum Gasteiger partial charge on any atom is -0.507 e. The summed E-state index contributed by atoms with van der Waals surface area (Å²) in [7, 11) is 0. The predicted molar refractivity (Wildman–Crippen MR) is 110 cm³/mol. The highest BCUT2D eigenvalue weighted by Gasteiger charge is 2.27. The third kappa shape index (κ3) is 6.66. The van der Waals surface area contributed by atoms with Gasteiger partial charge < -0.3 is 10.4 Å². The van der Waals surface area contributed by atoms with Gasteiger partial charge in [0.2, 0.25) is 0 Å². The van der Waals surface area contributed by atoms with Gasteiger partial charge in [0.15, 0.2) is 0 Å². The van der Waals surface area contributed by atoms with Gasteiger partial charge in [-0.15, -0.1) is 0 Å². The van der Waals surface area contributed by atoms with Crippen molar-refractivity contribution < 1.29 is 5.11 Å². The van der Waals surface area contributed by atoms with E-state index in [1.54, 1.807) is 0 Å². The van der Waals surface area contributed by atoms with Crippen molar-refractivity contribution in [2.75, 3.05) is 0 Å². The monoisotopic (exact) mass is 347 g/mol. The number of nitrogens with one attached hydrogen (secondary N) is 1. The first-order valence-electron chi connectivity index (χ1n) is 9.54.